The van der Waals surface area contributed by atoms with E-state index in [1.54, 1.807) is 7.11 Å². The highest BCUT2D eigenvalue weighted by molar-refractivity contribution is 7.10. The van der Waals surface area contributed by atoms with Crippen molar-refractivity contribution in [2.24, 2.45) is 0 Å². The lowest BCUT2D eigenvalue weighted by Crippen LogP contribution is -2.17. The molecule has 2 rings (SSSR count). The maximum atomic E-state index is 10.1. The summed E-state index contributed by atoms with van der Waals surface area (Å²) in [6.07, 6.45) is -0.806. The van der Waals surface area contributed by atoms with E-state index in [0.29, 0.717) is 6.61 Å². The van der Waals surface area contributed by atoms with Crippen molar-refractivity contribution in [1.29, 1.82) is 0 Å². The Morgan fingerprint density at radius 1 is 1.21 bits per heavy atom. The Balaban J connectivity index is 1.87. The molecule has 0 fully saturated rings. The number of aliphatic hydroxyl groups is 1. The Morgan fingerprint density at radius 3 is 2.53 bits per heavy atom. The van der Waals surface area contributed by atoms with Crippen LogP contribution in [0.25, 0.3) is 0 Å². The van der Waals surface area contributed by atoms with Crippen LogP contribution in [0.15, 0.2) is 41.8 Å². The lowest BCUT2D eigenvalue weighted by atomic mass is 10.2. The summed E-state index contributed by atoms with van der Waals surface area (Å²) < 4.78 is 10.8. The number of benzene rings is 1. The van der Waals surface area contributed by atoms with Crippen LogP contribution in [-0.4, -0.2) is 18.3 Å². The molecule has 0 aliphatic carbocycles. The van der Waals surface area contributed by atoms with Crippen LogP contribution in [0.5, 0.6) is 5.75 Å². The third kappa shape index (κ3) is 3.80. The predicted molar refractivity (Wildman–Crippen MR) is 76.5 cm³/mol. The summed E-state index contributed by atoms with van der Waals surface area (Å²) >= 11 is 1.54. The molecule has 0 aliphatic rings. The molecule has 0 bridgehead atoms. The van der Waals surface area contributed by atoms with Gasteiger partial charge in [-0.15, -0.1) is 11.3 Å². The molecule has 1 aromatic heterocycles. The van der Waals surface area contributed by atoms with Gasteiger partial charge in [0.05, 0.1) is 19.8 Å². The quantitative estimate of drug-likeness (QED) is 0.880. The van der Waals surface area contributed by atoms with E-state index in [9.17, 15) is 5.11 Å². The number of hydrogen-bond donors (Lipinski definition) is 1. The first-order valence-corrected chi connectivity index (χ1v) is 7.04. The second-order valence-corrected chi connectivity index (χ2v) is 5.30. The summed E-state index contributed by atoms with van der Waals surface area (Å²) in [6, 6.07) is 11.6. The zero-order chi connectivity index (χ0) is 13.7. The molecule has 0 amide bonds. The van der Waals surface area contributed by atoms with Crippen molar-refractivity contribution in [1.82, 2.24) is 0 Å². The van der Waals surface area contributed by atoms with Crippen molar-refractivity contribution in [3.8, 4) is 5.75 Å². The highest BCUT2D eigenvalue weighted by Gasteiger charge is 2.17. The third-order valence-electron chi connectivity index (χ3n) is 2.95. The number of methoxy groups -OCH3 is 1. The molecule has 0 radical (unpaired) electrons. The number of aliphatic hydroxyl groups excluding tert-OH is 1. The van der Waals surface area contributed by atoms with Crippen molar-refractivity contribution in [3.05, 3.63) is 52.2 Å². The topological polar surface area (TPSA) is 38.7 Å². The van der Waals surface area contributed by atoms with Crippen LogP contribution in [0.1, 0.15) is 23.5 Å². The van der Waals surface area contributed by atoms with Gasteiger partial charge in [0.25, 0.3) is 0 Å². The first-order chi connectivity index (χ1) is 9.20. The Morgan fingerprint density at radius 2 is 1.95 bits per heavy atom. The summed E-state index contributed by atoms with van der Waals surface area (Å²) in [7, 11) is 1.64. The summed E-state index contributed by atoms with van der Waals surface area (Å²) in [5.74, 6) is 0.829. The van der Waals surface area contributed by atoms with Crippen molar-refractivity contribution >= 4 is 11.3 Å². The van der Waals surface area contributed by atoms with Crippen LogP contribution in [0.2, 0.25) is 0 Å². The molecule has 0 saturated heterocycles. The largest absolute Gasteiger partial charge is 0.497 e. The van der Waals surface area contributed by atoms with Crippen LogP contribution < -0.4 is 4.74 Å². The lowest BCUT2D eigenvalue weighted by molar-refractivity contribution is -0.0349. The first-order valence-electron chi connectivity index (χ1n) is 6.16. The predicted octanol–water partition coefficient (Wildman–Crippen LogP) is 3.40. The van der Waals surface area contributed by atoms with Gasteiger partial charge in [-0.3, -0.25) is 0 Å². The van der Waals surface area contributed by atoms with Crippen LogP contribution in [-0.2, 0) is 11.3 Å². The zero-order valence-electron chi connectivity index (χ0n) is 11.1. The fraction of sp³-hybridized carbons (Fsp3) is 0.333. The maximum Gasteiger partial charge on any atom is 0.118 e. The molecule has 102 valence electrons. The van der Waals surface area contributed by atoms with Gasteiger partial charge in [-0.05, 0) is 36.1 Å². The molecule has 3 nitrogen and oxygen atoms in total. The molecule has 1 heterocycles. The van der Waals surface area contributed by atoms with E-state index in [4.69, 9.17) is 9.47 Å². The van der Waals surface area contributed by atoms with Crippen molar-refractivity contribution in [3.63, 3.8) is 0 Å². The minimum atomic E-state index is -0.571. The van der Waals surface area contributed by atoms with Crippen LogP contribution >= 0.6 is 11.3 Å². The zero-order valence-corrected chi connectivity index (χ0v) is 11.9. The van der Waals surface area contributed by atoms with E-state index >= 15 is 0 Å². The van der Waals surface area contributed by atoms with E-state index in [-0.39, 0.29) is 6.10 Å². The van der Waals surface area contributed by atoms with Gasteiger partial charge < -0.3 is 14.6 Å². The monoisotopic (exact) mass is 278 g/mol. The smallest absolute Gasteiger partial charge is 0.118 e. The fourth-order valence-electron chi connectivity index (χ4n) is 1.73. The maximum absolute atomic E-state index is 10.1. The SMILES string of the molecule is COc1ccc(COC(C)[C@@H](O)c2cccs2)cc1. The molecule has 1 aromatic carbocycles. The molecule has 2 atom stereocenters. The third-order valence-corrected chi connectivity index (χ3v) is 3.89. The molecule has 0 aliphatic heterocycles. The molecule has 19 heavy (non-hydrogen) atoms. The fourth-order valence-corrected chi connectivity index (χ4v) is 2.53. The Hall–Kier alpha value is -1.36. The standard InChI is InChI=1S/C15H18O3S/c1-11(15(16)14-4-3-9-19-14)18-10-12-5-7-13(17-2)8-6-12/h3-9,11,15-16H,10H2,1-2H3/t11?,15-/m1/s1. The second-order valence-electron chi connectivity index (χ2n) is 4.32. The van der Waals surface area contributed by atoms with E-state index in [1.807, 2.05) is 48.7 Å². The highest BCUT2D eigenvalue weighted by atomic mass is 32.1. The second kappa shape index (κ2) is 6.70. The van der Waals surface area contributed by atoms with E-state index in [0.717, 1.165) is 16.2 Å². The summed E-state index contributed by atoms with van der Waals surface area (Å²) in [6.45, 7) is 2.36. The van der Waals surface area contributed by atoms with E-state index < -0.39 is 6.10 Å². The van der Waals surface area contributed by atoms with Gasteiger partial charge in [0, 0.05) is 4.88 Å². The minimum absolute atomic E-state index is 0.235. The molecule has 1 N–H and O–H groups in total. The number of rotatable bonds is 6. The molecule has 1 unspecified atom stereocenters. The molecule has 4 heteroatoms. The number of hydrogen-bond acceptors (Lipinski definition) is 4. The molecular formula is C15H18O3S. The lowest BCUT2D eigenvalue weighted by Gasteiger charge is -2.18. The molecule has 0 saturated carbocycles. The summed E-state index contributed by atoms with van der Waals surface area (Å²) in [5.41, 5.74) is 1.06. The molecule has 0 spiro atoms. The van der Waals surface area contributed by atoms with Crippen molar-refractivity contribution in [2.45, 2.75) is 25.7 Å². The molecule has 2 aromatic rings. The average Bonchev–Trinajstić information content (AvgIpc) is 2.98. The van der Waals surface area contributed by atoms with Crippen molar-refractivity contribution < 1.29 is 14.6 Å². The van der Waals surface area contributed by atoms with Gasteiger partial charge in [-0.25, -0.2) is 0 Å². The van der Waals surface area contributed by atoms with Gasteiger partial charge in [0.2, 0.25) is 0 Å². The number of ether oxygens (including phenoxy) is 2. The van der Waals surface area contributed by atoms with Gasteiger partial charge in [0.15, 0.2) is 0 Å². The van der Waals surface area contributed by atoms with Crippen LogP contribution in [0, 0.1) is 0 Å². The van der Waals surface area contributed by atoms with Gasteiger partial charge >= 0.3 is 0 Å². The van der Waals surface area contributed by atoms with Gasteiger partial charge in [-0.1, -0.05) is 18.2 Å². The Kier molecular flexibility index (Phi) is 4.96. The molecular weight excluding hydrogens is 260 g/mol. The van der Waals surface area contributed by atoms with Crippen molar-refractivity contribution in [2.75, 3.05) is 7.11 Å². The Bertz CT molecular complexity index is 479. The average molecular weight is 278 g/mol. The normalized spacial score (nSPS) is 14.1. The van der Waals surface area contributed by atoms with E-state index in [1.165, 1.54) is 11.3 Å². The first kappa shape index (κ1) is 14.1. The van der Waals surface area contributed by atoms with Gasteiger partial charge in [-0.2, -0.15) is 0 Å². The van der Waals surface area contributed by atoms with Crippen LogP contribution in [0.3, 0.4) is 0 Å². The number of thiophene rings is 1. The summed E-state index contributed by atoms with van der Waals surface area (Å²) in [5, 5.41) is 12.1. The van der Waals surface area contributed by atoms with E-state index in [2.05, 4.69) is 0 Å². The highest BCUT2D eigenvalue weighted by Crippen LogP contribution is 2.24. The van der Waals surface area contributed by atoms with Crippen LogP contribution in [0.4, 0.5) is 0 Å². The van der Waals surface area contributed by atoms with Gasteiger partial charge in [0.1, 0.15) is 11.9 Å². The Labute approximate surface area is 117 Å². The summed E-state index contributed by atoms with van der Waals surface area (Å²) in [4.78, 5) is 0.933. The minimum Gasteiger partial charge on any atom is -0.497 e.